The summed E-state index contributed by atoms with van der Waals surface area (Å²) < 4.78 is 2.23. The molecule has 0 aliphatic heterocycles. The molecule has 8 heteroatoms. The molecule has 0 bridgehead atoms. The smallest absolute Gasteiger partial charge is 0.333 e. The molecular formula is C9H9N5O3. The van der Waals surface area contributed by atoms with Gasteiger partial charge in [-0.2, -0.15) is 5.10 Å². The Balaban J connectivity index is 2.78. The highest BCUT2D eigenvalue weighted by atomic mass is 16.2. The summed E-state index contributed by atoms with van der Waals surface area (Å²) in [7, 11) is 1.64. The molecule has 0 saturated heterocycles. The topological polar surface area (TPSA) is 116 Å². The Morgan fingerprint density at radius 3 is 2.71 bits per heavy atom. The van der Waals surface area contributed by atoms with Crippen LogP contribution in [0.15, 0.2) is 28.2 Å². The van der Waals surface area contributed by atoms with Gasteiger partial charge >= 0.3 is 5.69 Å². The number of primary amides is 1. The summed E-state index contributed by atoms with van der Waals surface area (Å²) in [6, 6.07) is 0. The number of aromatic amines is 1. The van der Waals surface area contributed by atoms with Gasteiger partial charge in [-0.3, -0.25) is 14.3 Å². The Morgan fingerprint density at radius 2 is 2.18 bits per heavy atom. The van der Waals surface area contributed by atoms with Crippen LogP contribution in [0.4, 0.5) is 0 Å². The Morgan fingerprint density at radius 1 is 1.47 bits per heavy atom. The molecule has 3 N–H and O–H groups in total. The van der Waals surface area contributed by atoms with Crippen molar-refractivity contribution in [1.82, 2.24) is 19.3 Å². The first kappa shape index (κ1) is 10.9. The molecule has 88 valence electrons. The summed E-state index contributed by atoms with van der Waals surface area (Å²) in [5.41, 5.74) is 3.57. The Labute approximate surface area is 94.3 Å². The van der Waals surface area contributed by atoms with Gasteiger partial charge < -0.3 is 10.7 Å². The minimum absolute atomic E-state index is 0.266. The monoisotopic (exact) mass is 235 g/mol. The van der Waals surface area contributed by atoms with Gasteiger partial charge in [-0.05, 0) is 0 Å². The van der Waals surface area contributed by atoms with Crippen molar-refractivity contribution in [2.24, 2.45) is 12.8 Å². The van der Waals surface area contributed by atoms with Crippen LogP contribution in [0.2, 0.25) is 0 Å². The molecule has 0 fully saturated rings. The maximum atomic E-state index is 11.8. The number of nitrogens with zero attached hydrogens (tertiary/aromatic N) is 3. The largest absolute Gasteiger partial charge is 0.365 e. The molecule has 0 aliphatic rings. The lowest BCUT2D eigenvalue weighted by Gasteiger charge is -2.01. The van der Waals surface area contributed by atoms with E-state index in [1.807, 2.05) is 0 Å². The zero-order valence-corrected chi connectivity index (χ0v) is 8.88. The highest BCUT2D eigenvalue weighted by molar-refractivity contribution is 5.92. The van der Waals surface area contributed by atoms with Crippen molar-refractivity contribution in [3.8, 4) is 5.69 Å². The second kappa shape index (κ2) is 3.74. The number of nitrogens with two attached hydrogens (primary N) is 1. The fourth-order valence-corrected chi connectivity index (χ4v) is 1.41. The van der Waals surface area contributed by atoms with Gasteiger partial charge in [-0.1, -0.05) is 0 Å². The number of hydrogen-bond donors (Lipinski definition) is 2. The summed E-state index contributed by atoms with van der Waals surface area (Å²) in [5, 5.41) is 3.84. The van der Waals surface area contributed by atoms with Gasteiger partial charge in [0.05, 0.1) is 11.9 Å². The van der Waals surface area contributed by atoms with E-state index in [9.17, 15) is 14.4 Å². The molecule has 0 spiro atoms. The average Bonchev–Trinajstić information content (AvgIpc) is 2.64. The molecule has 0 atom stereocenters. The van der Waals surface area contributed by atoms with Gasteiger partial charge in [0.2, 0.25) is 0 Å². The molecule has 0 aromatic carbocycles. The van der Waals surface area contributed by atoms with Crippen LogP contribution in [0, 0.1) is 0 Å². The van der Waals surface area contributed by atoms with Crippen LogP contribution in [0.1, 0.15) is 10.4 Å². The minimum Gasteiger partial charge on any atom is -0.365 e. The zero-order chi connectivity index (χ0) is 12.6. The van der Waals surface area contributed by atoms with Gasteiger partial charge in [0, 0.05) is 19.4 Å². The lowest BCUT2D eigenvalue weighted by molar-refractivity contribution is 0.0998. The summed E-state index contributed by atoms with van der Waals surface area (Å²) in [5.74, 6) is -0.899. The van der Waals surface area contributed by atoms with Crippen LogP contribution in [-0.2, 0) is 7.05 Å². The van der Waals surface area contributed by atoms with E-state index < -0.39 is 17.2 Å². The molecule has 8 nitrogen and oxygen atoms in total. The Kier molecular flexibility index (Phi) is 2.39. The normalized spacial score (nSPS) is 10.4. The highest BCUT2D eigenvalue weighted by Crippen LogP contribution is 1.98. The van der Waals surface area contributed by atoms with Crippen LogP contribution in [0.5, 0.6) is 0 Å². The zero-order valence-electron chi connectivity index (χ0n) is 8.88. The summed E-state index contributed by atoms with van der Waals surface area (Å²) in [4.78, 5) is 36.6. The van der Waals surface area contributed by atoms with E-state index in [2.05, 4.69) is 10.1 Å². The number of H-pyrrole nitrogens is 1. The molecule has 2 heterocycles. The van der Waals surface area contributed by atoms with Crippen molar-refractivity contribution < 1.29 is 4.79 Å². The van der Waals surface area contributed by atoms with Crippen LogP contribution in [-0.4, -0.2) is 25.2 Å². The van der Waals surface area contributed by atoms with E-state index in [-0.39, 0.29) is 11.3 Å². The van der Waals surface area contributed by atoms with Crippen LogP contribution >= 0.6 is 0 Å². The second-order valence-corrected chi connectivity index (χ2v) is 3.38. The van der Waals surface area contributed by atoms with Crippen molar-refractivity contribution in [2.75, 3.05) is 0 Å². The third-order valence-electron chi connectivity index (χ3n) is 2.19. The number of carbonyl (C=O) groups excluding carboxylic acids is 1. The number of nitrogens with one attached hydrogen (secondary N) is 1. The van der Waals surface area contributed by atoms with E-state index >= 15 is 0 Å². The first-order valence-corrected chi connectivity index (χ1v) is 4.64. The van der Waals surface area contributed by atoms with E-state index in [1.54, 1.807) is 7.05 Å². The van der Waals surface area contributed by atoms with Crippen molar-refractivity contribution in [1.29, 1.82) is 0 Å². The van der Waals surface area contributed by atoms with E-state index in [4.69, 9.17) is 5.73 Å². The number of rotatable bonds is 2. The summed E-state index contributed by atoms with van der Waals surface area (Å²) in [6.07, 6.45) is 3.81. The van der Waals surface area contributed by atoms with Crippen LogP contribution in [0.25, 0.3) is 5.69 Å². The molecule has 0 radical (unpaired) electrons. The van der Waals surface area contributed by atoms with E-state index in [0.717, 1.165) is 10.8 Å². The van der Waals surface area contributed by atoms with Gasteiger partial charge in [0.25, 0.3) is 11.5 Å². The molecule has 0 unspecified atom stereocenters. The predicted octanol–water partition coefficient (Wildman–Crippen LogP) is -1.64. The number of hydrogen-bond acceptors (Lipinski definition) is 4. The molecule has 1 amide bonds. The van der Waals surface area contributed by atoms with Crippen LogP contribution < -0.4 is 17.0 Å². The Hall–Kier alpha value is -2.64. The average molecular weight is 235 g/mol. The number of aromatic nitrogens is 4. The number of carbonyl (C=O) groups is 1. The quantitative estimate of drug-likeness (QED) is 0.649. The lowest BCUT2D eigenvalue weighted by Crippen LogP contribution is -2.38. The summed E-state index contributed by atoms with van der Waals surface area (Å²) >= 11 is 0. The molecule has 2 aromatic rings. The van der Waals surface area contributed by atoms with Gasteiger partial charge in [0.1, 0.15) is 5.56 Å². The van der Waals surface area contributed by atoms with Crippen molar-refractivity contribution in [3.63, 3.8) is 0 Å². The van der Waals surface area contributed by atoms with E-state index in [0.29, 0.717) is 0 Å². The molecular weight excluding hydrogens is 226 g/mol. The third-order valence-corrected chi connectivity index (χ3v) is 2.19. The van der Waals surface area contributed by atoms with E-state index in [1.165, 1.54) is 17.1 Å². The number of amides is 1. The molecule has 2 aromatic heterocycles. The summed E-state index contributed by atoms with van der Waals surface area (Å²) in [6.45, 7) is 0. The lowest BCUT2D eigenvalue weighted by atomic mass is 10.3. The maximum Gasteiger partial charge on any atom is 0.333 e. The Bertz CT molecular complexity index is 693. The van der Waals surface area contributed by atoms with Crippen molar-refractivity contribution in [2.45, 2.75) is 0 Å². The third kappa shape index (κ3) is 1.75. The highest BCUT2D eigenvalue weighted by Gasteiger charge is 2.13. The molecule has 0 aliphatic carbocycles. The number of aryl methyl sites for hydroxylation is 1. The first-order chi connectivity index (χ1) is 8.00. The molecule has 17 heavy (non-hydrogen) atoms. The molecule has 2 rings (SSSR count). The van der Waals surface area contributed by atoms with Gasteiger partial charge in [0.15, 0.2) is 0 Å². The van der Waals surface area contributed by atoms with Crippen LogP contribution in [0.3, 0.4) is 0 Å². The maximum absolute atomic E-state index is 11.8. The fraction of sp³-hybridized carbons (Fsp3) is 0.111. The minimum atomic E-state index is -0.899. The van der Waals surface area contributed by atoms with Crippen molar-refractivity contribution >= 4 is 5.91 Å². The fourth-order valence-electron chi connectivity index (χ4n) is 1.41. The molecule has 0 saturated carbocycles. The van der Waals surface area contributed by atoms with Gasteiger partial charge in [-0.15, -0.1) is 0 Å². The first-order valence-electron chi connectivity index (χ1n) is 4.64. The predicted molar refractivity (Wildman–Crippen MR) is 57.9 cm³/mol. The van der Waals surface area contributed by atoms with Gasteiger partial charge in [-0.25, -0.2) is 9.36 Å². The second-order valence-electron chi connectivity index (χ2n) is 3.38. The SMILES string of the molecule is Cn1cc(-n2c(=O)[nH]cc(C(N)=O)c2=O)cn1. The standard InChI is InChI=1S/C9H9N5O3/c1-13-4-5(2-12-13)14-8(16)6(7(10)15)3-11-9(14)17/h2-4H,1H3,(H2,10,15)(H,11,17). The van der Waals surface area contributed by atoms with Crippen molar-refractivity contribution in [3.05, 3.63) is 45.0 Å².